The Balaban J connectivity index is 2.36. The van der Waals surface area contributed by atoms with Crippen molar-refractivity contribution in [2.75, 3.05) is 4.72 Å². The standard InChI is InChI=1S/C11H12BrN3O2S/c1-8-3-4-10(12)11(5-8)14-18(16,17)9-6-13-15(2)7-9/h3-7,14H,1-2H3. The molecule has 1 heterocycles. The van der Waals surface area contributed by atoms with Gasteiger partial charge in [-0.05, 0) is 40.5 Å². The number of anilines is 1. The molecule has 1 aromatic heterocycles. The minimum absolute atomic E-state index is 0.137. The third-order valence-corrected chi connectivity index (χ3v) is 4.37. The molecule has 0 aliphatic rings. The molecular formula is C11H12BrN3O2S. The summed E-state index contributed by atoms with van der Waals surface area (Å²) in [7, 11) is -1.93. The van der Waals surface area contributed by atoms with Crippen molar-refractivity contribution in [3.05, 3.63) is 40.6 Å². The van der Waals surface area contributed by atoms with Crippen molar-refractivity contribution in [2.45, 2.75) is 11.8 Å². The first kappa shape index (κ1) is 13.1. The molecule has 2 aromatic rings. The summed E-state index contributed by atoms with van der Waals surface area (Å²) in [5, 5.41) is 3.85. The van der Waals surface area contributed by atoms with E-state index in [2.05, 4.69) is 25.8 Å². The summed E-state index contributed by atoms with van der Waals surface area (Å²) in [6, 6.07) is 5.46. The number of aryl methyl sites for hydroxylation is 2. The normalized spacial score (nSPS) is 11.5. The Hall–Kier alpha value is -1.34. The zero-order chi connectivity index (χ0) is 13.3. The second kappa shape index (κ2) is 4.74. The van der Waals surface area contributed by atoms with E-state index in [1.165, 1.54) is 17.1 Å². The fraction of sp³-hybridized carbons (Fsp3) is 0.182. The number of rotatable bonds is 3. The van der Waals surface area contributed by atoms with E-state index in [-0.39, 0.29) is 4.90 Å². The minimum atomic E-state index is -3.60. The Morgan fingerprint density at radius 3 is 2.72 bits per heavy atom. The molecule has 7 heteroatoms. The van der Waals surface area contributed by atoms with Crippen LogP contribution in [0.5, 0.6) is 0 Å². The van der Waals surface area contributed by atoms with Crippen molar-refractivity contribution < 1.29 is 8.42 Å². The second-order valence-corrected chi connectivity index (χ2v) is 6.48. The van der Waals surface area contributed by atoms with Gasteiger partial charge in [-0.15, -0.1) is 0 Å². The molecule has 5 nitrogen and oxygen atoms in total. The summed E-state index contributed by atoms with van der Waals surface area (Å²) >= 11 is 3.31. The van der Waals surface area contributed by atoms with Crippen LogP contribution < -0.4 is 4.72 Å². The van der Waals surface area contributed by atoms with Gasteiger partial charge >= 0.3 is 0 Å². The van der Waals surface area contributed by atoms with E-state index in [4.69, 9.17) is 0 Å². The van der Waals surface area contributed by atoms with E-state index in [0.717, 1.165) is 5.56 Å². The zero-order valence-corrected chi connectivity index (χ0v) is 12.3. The van der Waals surface area contributed by atoms with Gasteiger partial charge in [0, 0.05) is 17.7 Å². The lowest BCUT2D eigenvalue weighted by Crippen LogP contribution is -2.12. The quantitative estimate of drug-likeness (QED) is 0.939. The third kappa shape index (κ3) is 2.73. The number of hydrogen-bond acceptors (Lipinski definition) is 3. The van der Waals surface area contributed by atoms with Crippen LogP contribution in [0.2, 0.25) is 0 Å². The topological polar surface area (TPSA) is 64.0 Å². The van der Waals surface area contributed by atoms with E-state index in [1.54, 1.807) is 19.2 Å². The highest BCUT2D eigenvalue weighted by atomic mass is 79.9. The second-order valence-electron chi connectivity index (χ2n) is 3.94. The van der Waals surface area contributed by atoms with Crippen molar-refractivity contribution in [2.24, 2.45) is 7.05 Å². The molecule has 0 atom stereocenters. The Kier molecular flexibility index (Phi) is 3.45. The van der Waals surface area contributed by atoms with Crippen LogP contribution in [-0.2, 0) is 17.1 Å². The van der Waals surface area contributed by atoms with Gasteiger partial charge in [-0.3, -0.25) is 9.40 Å². The van der Waals surface area contributed by atoms with E-state index < -0.39 is 10.0 Å². The molecule has 96 valence electrons. The number of benzene rings is 1. The highest BCUT2D eigenvalue weighted by molar-refractivity contribution is 9.10. The average Bonchev–Trinajstić information content (AvgIpc) is 2.71. The molecular weight excluding hydrogens is 318 g/mol. The third-order valence-electron chi connectivity index (χ3n) is 2.36. The predicted octanol–water partition coefficient (Wildman–Crippen LogP) is 2.29. The predicted molar refractivity (Wildman–Crippen MR) is 72.9 cm³/mol. The van der Waals surface area contributed by atoms with Gasteiger partial charge < -0.3 is 0 Å². The van der Waals surface area contributed by atoms with Gasteiger partial charge in [0.1, 0.15) is 4.90 Å². The molecule has 0 fully saturated rings. The fourth-order valence-corrected chi connectivity index (χ4v) is 2.99. The number of hydrogen-bond donors (Lipinski definition) is 1. The number of sulfonamides is 1. The first-order chi connectivity index (χ1) is 8.38. The molecule has 0 spiro atoms. The van der Waals surface area contributed by atoms with Crippen molar-refractivity contribution in [1.82, 2.24) is 9.78 Å². The Labute approximate surface area is 114 Å². The molecule has 0 saturated heterocycles. The molecule has 0 unspecified atom stereocenters. The van der Waals surface area contributed by atoms with E-state index in [0.29, 0.717) is 10.2 Å². The highest BCUT2D eigenvalue weighted by Gasteiger charge is 2.17. The molecule has 0 bridgehead atoms. The van der Waals surface area contributed by atoms with Crippen LogP contribution in [0.25, 0.3) is 0 Å². The molecule has 1 N–H and O–H groups in total. The smallest absolute Gasteiger partial charge is 0.265 e. The molecule has 0 saturated carbocycles. The van der Waals surface area contributed by atoms with Crippen LogP contribution in [-0.4, -0.2) is 18.2 Å². The Morgan fingerprint density at radius 2 is 2.11 bits per heavy atom. The lowest BCUT2D eigenvalue weighted by molar-refractivity contribution is 0.601. The van der Waals surface area contributed by atoms with Crippen LogP contribution in [0.1, 0.15) is 5.56 Å². The van der Waals surface area contributed by atoms with Gasteiger partial charge in [-0.25, -0.2) is 8.42 Å². The summed E-state index contributed by atoms with van der Waals surface area (Å²) in [5.41, 5.74) is 1.49. The van der Waals surface area contributed by atoms with Gasteiger partial charge in [0.2, 0.25) is 0 Å². The molecule has 18 heavy (non-hydrogen) atoms. The number of halogens is 1. The monoisotopic (exact) mass is 329 g/mol. The lowest BCUT2D eigenvalue weighted by Gasteiger charge is -2.08. The molecule has 0 radical (unpaired) electrons. The van der Waals surface area contributed by atoms with Crippen LogP contribution in [0.15, 0.2) is 40.0 Å². The summed E-state index contributed by atoms with van der Waals surface area (Å²) in [4.78, 5) is 0.137. The maximum absolute atomic E-state index is 12.1. The summed E-state index contributed by atoms with van der Waals surface area (Å²) in [6.07, 6.45) is 2.76. The van der Waals surface area contributed by atoms with Crippen LogP contribution >= 0.6 is 15.9 Å². The molecule has 0 aliphatic heterocycles. The average molecular weight is 330 g/mol. The number of nitrogens with zero attached hydrogens (tertiary/aromatic N) is 2. The highest BCUT2D eigenvalue weighted by Crippen LogP contribution is 2.25. The summed E-state index contributed by atoms with van der Waals surface area (Å²) in [6.45, 7) is 1.90. The largest absolute Gasteiger partial charge is 0.278 e. The van der Waals surface area contributed by atoms with Crippen molar-refractivity contribution in [1.29, 1.82) is 0 Å². The maximum atomic E-state index is 12.1. The minimum Gasteiger partial charge on any atom is -0.278 e. The van der Waals surface area contributed by atoms with Crippen LogP contribution in [0.4, 0.5) is 5.69 Å². The van der Waals surface area contributed by atoms with Crippen LogP contribution in [0, 0.1) is 6.92 Å². The maximum Gasteiger partial charge on any atom is 0.265 e. The summed E-state index contributed by atoms with van der Waals surface area (Å²) in [5.74, 6) is 0. The van der Waals surface area contributed by atoms with Gasteiger partial charge in [-0.1, -0.05) is 6.07 Å². The van der Waals surface area contributed by atoms with E-state index >= 15 is 0 Å². The van der Waals surface area contributed by atoms with Crippen molar-refractivity contribution in [3.63, 3.8) is 0 Å². The lowest BCUT2D eigenvalue weighted by atomic mass is 10.2. The van der Waals surface area contributed by atoms with Gasteiger partial charge in [0.15, 0.2) is 0 Å². The van der Waals surface area contributed by atoms with Gasteiger partial charge in [0.05, 0.1) is 11.9 Å². The molecule has 1 aromatic carbocycles. The first-order valence-electron chi connectivity index (χ1n) is 5.16. The van der Waals surface area contributed by atoms with Crippen molar-refractivity contribution in [3.8, 4) is 0 Å². The molecule has 0 amide bonds. The Morgan fingerprint density at radius 1 is 1.39 bits per heavy atom. The van der Waals surface area contributed by atoms with E-state index in [1.807, 2.05) is 13.0 Å². The molecule has 0 aliphatic carbocycles. The number of nitrogens with one attached hydrogen (secondary N) is 1. The van der Waals surface area contributed by atoms with Crippen LogP contribution in [0.3, 0.4) is 0 Å². The SMILES string of the molecule is Cc1ccc(Br)c(NS(=O)(=O)c2cnn(C)c2)c1. The molecule has 2 rings (SSSR count). The van der Waals surface area contributed by atoms with Gasteiger partial charge in [-0.2, -0.15) is 5.10 Å². The summed E-state index contributed by atoms with van der Waals surface area (Å²) < 4.78 is 28.9. The Bertz CT molecular complexity index is 679. The number of aromatic nitrogens is 2. The zero-order valence-electron chi connectivity index (χ0n) is 9.88. The van der Waals surface area contributed by atoms with E-state index in [9.17, 15) is 8.42 Å². The fourth-order valence-electron chi connectivity index (χ4n) is 1.46. The van der Waals surface area contributed by atoms with Gasteiger partial charge in [0.25, 0.3) is 10.0 Å². The first-order valence-corrected chi connectivity index (χ1v) is 7.44. The van der Waals surface area contributed by atoms with Crippen molar-refractivity contribution >= 4 is 31.6 Å².